The number of aliphatic hydroxyl groups excluding tert-OH is 1. The molecule has 4 rings (SSSR count). The van der Waals surface area contributed by atoms with Gasteiger partial charge in [-0.05, 0) is 67.9 Å². The maximum absolute atomic E-state index is 9.54. The van der Waals surface area contributed by atoms with E-state index in [4.69, 9.17) is 9.98 Å². The van der Waals surface area contributed by atoms with E-state index in [0.29, 0.717) is 13.1 Å². The summed E-state index contributed by atoms with van der Waals surface area (Å²) in [4.78, 5) is 11.9. The summed E-state index contributed by atoms with van der Waals surface area (Å²) in [6, 6.07) is 14.7. The first-order valence-electron chi connectivity index (χ1n) is 9.14. The number of pyridine rings is 1. The van der Waals surface area contributed by atoms with Crippen LogP contribution < -0.4 is 0 Å². The number of β-amino-alcohol motifs (C(OH)–C–C–N with tert-alkyl or cyclic N) is 1. The monoisotopic (exact) mass is 377 g/mol. The van der Waals surface area contributed by atoms with Crippen LogP contribution in [0.3, 0.4) is 0 Å². The van der Waals surface area contributed by atoms with Crippen molar-refractivity contribution in [1.29, 1.82) is 0 Å². The number of hydrogen-bond acceptors (Lipinski definition) is 4. The molecule has 1 aromatic heterocycles. The third-order valence-electron chi connectivity index (χ3n) is 4.99. The molecule has 0 spiro atoms. The van der Waals surface area contributed by atoms with E-state index >= 15 is 0 Å². The fraction of sp³-hybridized carbons (Fsp3) is 0.273. The molecule has 0 atom stereocenters. The lowest BCUT2D eigenvalue weighted by atomic mass is 10.1. The van der Waals surface area contributed by atoms with Gasteiger partial charge in [0.15, 0.2) is 5.17 Å². The Balaban J connectivity index is 1.78. The topological polar surface area (TPSA) is 48.7 Å². The molecule has 2 heterocycles. The van der Waals surface area contributed by atoms with Gasteiger partial charge in [-0.2, -0.15) is 0 Å². The van der Waals surface area contributed by atoms with Crippen LogP contribution in [0.5, 0.6) is 0 Å². The number of amidine groups is 1. The summed E-state index contributed by atoms with van der Waals surface area (Å²) >= 11 is 1.59. The van der Waals surface area contributed by atoms with Crippen molar-refractivity contribution in [1.82, 2.24) is 9.88 Å². The summed E-state index contributed by atoms with van der Waals surface area (Å²) in [5, 5.41) is 12.6. The Labute approximate surface area is 164 Å². The highest BCUT2D eigenvalue weighted by Crippen LogP contribution is 2.35. The molecule has 3 aromatic rings. The molecule has 0 fully saturated rings. The molecule has 0 saturated heterocycles. The first kappa shape index (κ1) is 18.0. The van der Waals surface area contributed by atoms with Crippen LogP contribution in [-0.2, 0) is 6.54 Å². The zero-order valence-corrected chi connectivity index (χ0v) is 16.7. The fourth-order valence-corrected chi connectivity index (χ4v) is 4.30. The average molecular weight is 378 g/mol. The number of aromatic nitrogens is 1. The van der Waals surface area contributed by atoms with Crippen LogP contribution in [0.25, 0.3) is 10.9 Å². The van der Waals surface area contributed by atoms with Gasteiger partial charge >= 0.3 is 0 Å². The van der Waals surface area contributed by atoms with Crippen molar-refractivity contribution < 1.29 is 5.11 Å². The lowest BCUT2D eigenvalue weighted by Crippen LogP contribution is -2.34. The van der Waals surface area contributed by atoms with Crippen LogP contribution in [0.15, 0.2) is 52.5 Å². The average Bonchev–Trinajstić information content (AvgIpc) is 2.64. The van der Waals surface area contributed by atoms with E-state index in [1.54, 1.807) is 11.8 Å². The number of nitrogens with zero attached hydrogens (tertiary/aromatic N) is 3. The van der Waals surface area contributed by atoms with Crippen molar-refractivity contribution in [3.63, 3.8) is 0 Å². The summed E-state index contributed by atoms with van der Waals surface area (Å²) in [5.74, 6) is 0. The zero-order chi connectivity index (χ0) is 19.0. The predicted molar refractivity (Wildman–Crippen MR) is 113 cm³/mol. The smallest absolute Gasteiger partial charge is 0.171 e. The van der Waals surface area contributed by atoms with Crippen molar-refractivity contribution >= 4 is 33.5 Å². The Bertz CT molecular complexity index is 1050. The molecule has 0 saturated carbocycles. The van der Waals surface area contributed by atoms with Crippen molar-refractivity contribution in [2.75, 3.05) is 13.2 Å². The SMILES string of the molecule is Cc1ccc2nc3c(cc2c1)CN(CCO)C(=Nc1cccc(C)c1C)S3. The van der Waals surface area contributed by atoms with Gasteiger partial charge in [0.05, 0.1) is 17.8 Å². The van der Waals surface area contributed by atoms with Crippen LogP contribution in [0.2, 0.25) is 0 Å². The summed E-state index contributed by atoms with van der Waals surface area (Å²) in [6.45, 7) is 7.66. The molecule has 0 radical (unpaired) electrons. The summed E-state index contributed by atoms with van der Waals surface area (Å²) in [6.07, 6.45) is 0. The van der Waals surface area contributed by atoms with Gasteiger partial charge in [-0.25, -0.2) is 9.98 Å². The largest absolute Gasteiger partial charge is 0.395 e. The molecule has 0 aliphatic carbocycles. The molecule has 1 aliphatic heterocycles. The number of aliphatic imine (C=N–C) groups is 1. The van der Waals surface area contributed by atoms with E-state index in [1.807, 2.05) is 12.1 Å². The van der Waals surface area contributed by atoms with Gasteiger partial charge in [0.1, 0.15) is 5.03 Å². The molecule has 27 heavy (non-hydrogen) atoms. The molecule has 138 valence electrons. The summed E-state index contributed by atoms with van der Waals surface area (Å²) in [7, 11) is 0. The number of fused-ring (bicyclic) bond motifs is 2. The minimum Gasteiger partial charge on any atom is -0.395 e. The van der Waals surface area contributed by atoms with Crippen molar-refractivity contribution in [2.24, 2.45) is 4.99 Å². The molecule has 1 aliphatic rings. The van der Waals surface area contributed by atoms with Gasteiger partial charge < -0.3 is 10.0 Å². The second-order valence-corrected chi connectivity index (χ2v) is 7.97. The quantitative estimate of drug-likeness (QED) is 0.716. The minimum absolute atomic E-state index is 0.0990. The van der Waals surface area contributed by atoms with Crippen molar-refractivity contribution in [3.05, 3.63) is 64.7 Å². The summed E-state index contributed by atoms with van der Waals surface area (Å²) < 4.78 is 0. The molecule has 5 heteroatoms. The van der Waals surface area contributed by atoms with E-state index in [2.05, 4.69) is 56.0 Å². The Hall–Kier alpha value is -2.37. The standard InChI is InChI=1S/C22H23N3OS/c1-14-7-8-20-17(11-14)12-18-13-25(9-10-26)22(27-21(18)23-20)24-19-6-4-5-15(2)16(19)3/h4-8,11-12,26H,9-10,13H2,1-3H3. The highest BCUT2D eigenvalue weighted by atomic mass is 32.2. The first-order valence-corrected chi connectivity index (χ1v) is 9.95. The molecule has 2 aromatic carbocycles. The molecule has 0 unspecified atom stereocenters. The number of benzene rings is 2. The summed E-state index contributed by atoms with van der Waals surface area (Å²) in [5.41, 5.74) is 6.81. The van der Waals surface area contributed by atoms with E-state index in [0.717, 1.165) is 26.8 Å². The van der Waals surface area contributed by atoms with E-state index in [1.165, 1.54) is 22.3 Å². The van der Waals surface area contributed by atoms with Crippen LogP contribution >= 0.6 is 11.8 Å². The number of thioether (sulfide) groups is 1. The minimum atomic E-state index is 0.0990. The highest BCUT2D eigenvalue weighted by Gasteiger charge is 2.24. The number of aliphatic hydroxyl groups is 1. The maximum atomic E-state index is 9.54. The van der Waals surface area contributed by atoms with Gasteiger partial charge in [-0.15, -0.1) is 0 Å². The Morgan fingerprint density at radius 1 is 1.15 bits per heavy atom. The normalized spacial score (nSPS) is 15.4. The van der Waals surface area contributed by atoms with E-state index in [9.17, 15) is 5.11 Å². The Morgan fingerprint density at radius 2 is 2.00 bits per heavy atom. The number of rotatable bonds is 3. The molecular formula is C22H23N3OS. The lowest BCUT2D eigenvalue weighted by Gasteiger charge is -2.30. The van der Waals surface area contributed by atoms with Crippen LogP contribution in [0.1, 0.15) is 22.3 Å². The van der Waals surface area contributed by atoms with Crippen molar-refractivity contribution in [3.8, 4) is 0 Å². The van der Waals surface area contributed by atoms with Crippen LogP contribution in [0.4, 0.5) is 5.69 Å². The van der Waals surface area contributed by atoms with Crippen LogP contribution in [-0.4, -0.2) is 33.3 Å². The van der Waals surface area contributed by atoms with Gasteiger partial charge in [0, 0.05) is 24.0 Å². The molecular weight excluding hydrogens is 354 g/mol. The van der Waals surface area contributed by atoms with Gasteiger partial charge in [0.25, 0.3) is 0 Å². The second kappa shape index (κ2) is 7.33. The van der Waals surface area contributed by atoms with Gasteiger partial charge in [-0.1, -0.05) is 23.8 Å². The highest BCUT2D eigenvalue weighted by molar-refractivity contribution is 8.13. The zero-order valence-electron chi connectivity index (χ0n) is 15.9. The first-order chi connectivity index (χ1) is 13.0. The third kappa shape index (κ3) is 3.57. The Kier molecular flexibility index (Phi) is 4.89. The van der Waals surface area contributed by atoms with Crippen molar-refractivity contribution in [2.45, 2.75) is 32.3 Å². The Morgan fingerprint density at radius 3 is 2.81 bits per heavy atom. The second-order valence-electron chi connectivity index (χ2n) is 7.01. The molecule has 1 N–H and O–H groups in total. The fourth-order valence-electron chi connectivity index (χ4n) is 3.30. The molecule has 4 nitrogen and oxygen atoms in total. The van der Waals surface area contributed by atoms with Crippen LogP contribution in [0, 0.1) is 20.8 Å². The molecule has 0 bridgehead atoms. The lowest BCUT2D eigenvalue weighted by molar-refractivity contribution is 0.247. The predicted octanol–water partition coefficient (Wildman–Crippen LogP) is 4.75. The van der Waals surface area contributed by atoms with E-state index in [-0.39, 0.29) is 6.61 Å². The van der Waals surface area contributed by atoms with Gasteiger partial charge in [-0.3, -0.25) is 0 Å². The van der Waals surface area contributed by atoms with Gasteiger partial charge in [0.2, 0.25) is 0 Å². The maximum Gasteiger partial charge on any atom is 0.171 e. The van der Waals surface area contributed by atoms with E-state index < -0.39 is 0 Å². The number of hydrogen-bond donors (Lipinski definition) is 1. The molecule has 0 amide bonds. The third-order valence-corrected chi connectivity index (χ3v) is 6.07. The number of aryl methyl sites for hydroxylation is 2.